The lowest BCUT2D eigenvalue weighted by Crippen LogP contribution is -2.32. The largest absolute Gasteiger partial charge is 0.465 e. The van der Waals surface area contributed by atoms with Gasteiger partial charge >= 0.3 is 5.97 Å². The van der Waals surface area contributed by atoms with E-state index in [1.807, 2.05) is 0 Å². The molecule has 12 heavy (non-hydrogen) atoms. The van der Waals surface area contributed by atoms with E-state index in [9.17, 15) is 4.79 Å². The van der Waals surface area contributed by atoms with E-state index >= 15 is 0 Å². The van der Waals surface area contributed by atoms with Gasteiger partial charge in [0.15, 0.2) is 0 Å². The molecular formula is C8H15NO3. The van der Waals surface area contributed by atoms with Crippen molar-refractivity contribution in [3.8, 4) is 0 Å². The minimum Gasteiger partial charge on any atom is -0.465 e. The van der Waals surface area contributed by atoms with Gasteiger partial charge < -0.3 is 15.2 Å². The van der Waals surface area contributed by atoms with Crippen LogP contribution in [0.25, 0.3) is 0 Å². The zero-order valence-electron chi connectivity index (χ0n) is 7.25. The van der Waals surface area contributed by atoms with Crippen LogP contribution in [-0.4, -0.2) is 36.9 Å². The molecule has 0 aliphatic carbocycles. The van der Waals surface area contributed by atoms with Crippen LogP contribution in [0.15, 0.2) is 0 Å². The molecule has 1 aliphatic heterocycles. The molecule has 4 heteroatoms. The molecule has 0 amide bonds. The van der Waals surface area contributed by atoms with Crippen LogP contribution in [0.3, 0.4) is 0 Å². The van der Waals surface area contributed by atoms with Gasteiger partial charge in [-0.15, -0.1) is 0 Å². The van der Waals surface area contributed by atoms with Crippen molar-refractivity contribution >= 4 is 5.97 Å². The number of carbonyl (C=O) groups is 1. The standard InChI is InChI=1S/C8H15NO3/c1-2-12-8(11)7-3-6(5-10)4-9-7/h6-7,9-10H,2-5H2,1H3. The Morgan fingerprint density at radius 3 is 3.00 bits per heavy atom. The van der Waals surface area contributed by atoms with Gasteiger partial charge in [0.1, 0.15) is 6.04 Å². The summed E-state index contributed by atoms with van der Waals surface area (Å²) in [7, 11) is 0. The maximum Gasteiger partial charge on any atom is 0.323 e. The molecule has 0 spiro atoms. The fourth-order valence-electron chi connectivity index (χ4n) is 1.37. The Hall–Kier alpha value is -0.610. The first-order valence-corrected chi connectivity index (χ1v) is 4.28. The van der Waals surface area contributed by atoms with E-state index in [4.69, 9.17) is 9.84 Å². The number of aliphatic hydroxyl groups excluding tert-OH is 1. The number of ether oxygens (including phenoxy) is 1. The zero-order valence-corrected chi connectivity index (χ0v) is 7.25. The Balaban J connectivity index is 2.31. The predicted octanol–water partition coefficient (Wildman–Crippen LogP) is -0.480. The van der Waals surface area contributed by atoms with Gasteiger partial charge in [-0.1, -0.05) is 0 Å². The molecule has 0 radical (unpaired) electrons. The number of nitrogens with one attached hydrogen (secondary N) is 1. The molecule has 0 saturated carbocycles. The van der Waals surface area contributed by atoms with Crippen molar-refractivity contribution < 1.29 is 14.6 Å². The molecule has 2 N–H and O–H groups in total. The van der Waals surface area contributed by atoms with Crippen LogP contribution in [0.1, 0.15) is 13.3 Å². The molecule has 0 aromatic heterocycles. The van der Waals surface area contributed by atoms with E-state index in [1.54, 1.807) is 6.92 Å². The fraction of sp³-hybridized carbons (Fsp3) is 0.875. The minimum atomic E-state index is -0.206. The van der Waals surface area contributed by atoms with Gasteiger partial charge in [-0.2, -0.15) is 0 Å². The van der Waals surface area contributed by atoms with Crippen molar-refractivity contribution in [3.05, 3.63) is 0 Å². The first-order chi connectivity index (χ1) is 5.77. The van der Waals surface area contributed by atoms with Gasteiger partial charge in [0.05, 0.1) is 6.61 Å². The third-order valence-corrected chi connectivity index (χ3v) is 2.05. The highest BCUT2D eigenvalue weighted by atomic mass is 16.5. The summed E-state index contributed by atoms with van der Waals surface area (Å²) in [5, 5.41) is 11.8. The summed E-state index contributed by atoms with van der Waals surface area (Å²) in [6.45, 7) is 3.06. The van der Waals surface area contributed by atoms with Crippen molar-refractivity contribution in [2.75, 3.05) is 19.8 Å². The van der Waals surface area contributed by atoms with Crippen LogP contribution in [0.4, 0.5) is 0 Å². The summed E-state index contributed by atoms with van der Waals surface area (Å²) in [4.78, 5) is 11.1. The minimum absolute atomic E-state index is 0.142. The molecule has 70 valence electrons. The van der Waals surface area contributed by atoms with E-state index in [-0.39, 0.29) is 24.5 Å². The second-order valence-corrected chi connectivity index (χ2v) is 3.00. The lowest BCUT2D eigenvalue weighted by Gasteiger charge is -2.08. The van der Waals surface area contributed by atoms with Crippen LogP contribution < -0.4 is 5.32 Å². The van der Waals surface area contributed by atoms with Crippen molar-refractivity contribution in [2.45, 2.75) is 19.4 Å². The van der Waals surface area contributed by atoms with Crippen molar-refractivity contribution in [3.63, 3.8) is 0 Å². The van der Waals surface area contributed by atoms with Crippen LogP contribution in [0, 0.1) is 5.92 Å². The third kappa shape index (κ3) is 2.19. The highest BCUT2D eigenvalue weighted by molar-refractivity contribution is 5.76. The molecule has 1 fully saturated rings. The number of hydrogen-bond donors (Lipinski definition) is 2. The summed E-state index contributed by atoms with van der Waals surface area (Å²) in [5.74, 6) is 0.00727. The molecule has 1 rings (SSSR count). The Bertz CT molecular complexity index is 160. The van der Waals surface area contributed by atoms with Crippen LogP contribution in [0.5, 0.6) is 0 Å². The Kier molecular flexibility index (Phi) is 3.49. The molecule has 2 atom stereocenters. The predicted molar refractivity (Wildman–Crippen MR) is 43.6 cm³/mol. The lowest BCUT2D eigenvalue weighted by atomic mass is 10.1. The number of hydrogen-bond acceptors (Lipinski definition) is 4. The summed E-state index contributed by atoms with van der Waals surface area (Å²) >= 11 is 0. The Morgan fingerprint density at radius 2 is 2.50 bits per heavy atom. The van der Waals surface area contributed by atoms with Gasteiger partial charge in [0.25, 0.3) is 0 Å². The quantitative estimate of drug-likeness (QED) is 0.566. The van der Waals surface area contributed by atoms with Gasteiger partial charge in [-0.25, -0.2) is 0 Å². The van der Waals surface area contributed by atoms with E-state index in [2.05, 4.69) is 5.32 Å². The summed E-state index contributed by atoms with van der Waals surface area (Å²) in [6.07, 6.45) is 0.690. The molecule has 1 saturated heterocycles. The molecule has 4 nitrogen and oxygen atoms in total. The average Bonchev–Trinajstić information content (AvgIpc) is 2.52. The fourth-order valence-corrected chi connectivity index (χ4v) is 1.37. The topological polar surface area (TPSA) is 58.6 Å². The van der Waals surface area contributed by atoms with Gasteiger partial charge in [-0.3, -0.25) is 4.79 Å². The second-order valence-electron chi connectivity index (χ2n) is 3.00. The Morgan fingerprint density at radius 1 is 1.75 bits per heavy atom. The summed E-state index contributed by atoms with van der Waals surface area (Å²) in [5.41, 5.74) is 0. The van der Waals surface area contributed by atoms with Crippen molar-refractivity contribution in [2.24, 2.45) is 5.92 Å². The zero-order chi connectivity index (χ0) is 8.97. The highest BCUT2D eigenvalue weighted by Gasteiger charge is 2.29. The number of esters is 1. The molecule has 0 aromatic rings. The maximum atomic E-state index is 11.1. The molecular weight excluding hydrogens is 158 g/mol. The molecule has 0 bridgehead atoms. The lowest BCUT2D eigenvalue weighted by molar-refractivity contribution is -0.145. The number of rotatable bonds is 3. The molecule has 0 aromatic carbocycles. The van der Waals surface area contributed by atoms with E-state index in [0.29, 0.717) is 19.6 Å². The number of carbonyl (C=O) groups excluding carboxylic acids is 1. The molecule has 1 aliphatic rings. The third-order valence-electron chi connectivity index (χ3n) is 2.05. The van der Waals surface area contributed by atoms with Gasteiger partial charge in [-0.05, 0) is 19.3 Å². The SMILES string of the molecule is CCOC(=O)C1CC(CO)CN1. The van der Waals surface area contributed by atoms with Crippen LogP contribution >= 0.6 is 0 Å². The van der Waals surface area contributed by atoms with Gasteiger partial charge in [0.2, 0.25) is 0 Å². The summed E-state index contributed by atoms with van der Waals surface area (Å²) < 4.78 is 4.84. The molecule has 1 heterocycles. The van der Waals surface area contributed by atoms with E-state index in [0.717, 1.165) is 0 Å². The van der Waals surface area contributed by atoms with Crippen LogP contribution in [0.2, 0.25) is 0 Å². The van der Waals surface area contributed by atoms with Crippen molar-refractivity contribution in [1.29, 1.82) is 0 Å². The van der Waals surface area contributed by atoms with E-state index < -0.39 is 0 Å². The first-order valence-electron chi connectivity index (χ1n) is 4.28. The highest BCUT2D eigenvalue weighted by Crippen LogP contribution is 2.13. The summed E-state index contributed by atoms with van der Waals surface area (Å²) in [6, 6.07) is -0.206. The van der Waals surface area contributed by atoms with E-state index in [1.165, 1.54) is 0 Å². The average molecular weight is 173 g/mol. The van der Waals surface area contributed by atoms with Crippen molar-refractivity contribution in [1.82, 2.24) is 5.32 Å². The number of aliphatic hydroxyl groups is 1. The Labute approximate surface area is 71.9 Å². The monoisotopic (exact) mass is 173 g/mol. The van der Waals surface area contributed by atoms with Gasteiger partial charge in [0, 0.05) is 13.2 Å². The normalized spacial score (nSPS) is 28.8. The second kappa shape index (κ2) is 4.42. The smallest absolute Gasteiger partial charge is 0.323 e. The molecule has 2 unspecified atom stereocenters. The van der Waals surface area contributed by atoms with Crippen LogP contribution in [-0.2, 0) is 9.53 Å². The maximum absolute atomic E-state index is 11.1. The first kappa shape index (κ1) is 9.48.